The Balaban J connectivity index is 2.75. The van der Waals surface area contributed by atoms with E-state index in [0.29, 0.717) is 0 Å². The molecule has 0 radical (unpaired) electrons. The summed E-state index contributed by atoms with van der Waals surface area (Å²) in [6, 6.07) is 4.12. The van der Waals surface area contributed by atoms with Crippen LogP contribution in [0.15, 0.2) is 24.5 Å². The first kappa shape index (κ1) is 7.22. The molecule has 1 aromatic rings. The van der Waals surface area contributed by atoms with Crippen molar-refractivity contribution in [3.8, 4) is 0 Å². The zero-order valence-corrected chi connectivity index (χ0v) is 6.25. The highest BCUT2D eigenvalue weighted by Crippen LogP contribution is 1.92. The zero-order valence-electron chi connectivity index (χ0n) is 6.25. The fourth-order valence-electron chi connectivity index (χ4n) is 0.965. The van der Waals surface area contributed by atoms with E-state index < -0.39 is 0 Å². The Kier molecular flexibility index (Phi) is 2.40. The van der Waals surface area contributed by atoms with Crippen LogP contribution in [-0.2, 0) is 13.5 Å². The highest BCUT2D eigenvalue weighted by molar-refractivity contribution is 5.05. The molecule has 0 saturated carbocycles. The minimum atomic E-state index is 0.726. The standard InChI is InChI=1S/C8H13N2/c1-10-6-2-3-8(7-10)4-5-9/h2-3,6-7H,4-5,9H2,1H3/q+1. The van der Waals surface area contributed by atoms with E-state index in [-0.39, 0.29) is 0 Å². The van der Waals surface area contributed by atoms with Gasteiger partial charge in [-0.3, -0.25) is 0 Å². The molecular formula is C8H13N2+. The van der Waals surface area contributed by atoms with Gasteiger partial charge >= 0.3 is 0 Å². The molecule has 0 aliphatic carbocycles. The van der Waals surface area contributed by atoms with Gasteiger partial charge in [0, 0.05) is 11.6 Å². The van der Waals surface area contributed by atoms with Gasteiger partial charge in [-0.1, -0.05) is 0 Å². The molecule has 0 bridgehead atoms. The molecule has 54 valence electrons. The van der Waals surface area contributed by atoms with Crippen molar-refractivity contribution in [1.82, 2.24) is 0 Å². The molecule has 2 N–H and O–H groups in total. The number of rotatable bonds is 2. The minimum Gasteiger partial charge on any atom is -0.330 e. The topological polar surface area (TPSA) is 29.9 Å². The maximum absolute atomic E-state index is 5.40. The molecule has 0 aliphatic rings. The van der Waals surface area contributed by atoms with Crippen LogP contribution in [0.2, 0.25) is 0 Å². The van der Waals surface area contributed by atoms with E-state index in [1.165, 1.54) is 5.56 Å². The van der Waals surface area contributed by atoms with Crippen molar-refractivity contribution in [2.75, 3.05) is 6.54 Å². The van der Waals surface area contributed by atoms with Crippen molar-refractivity contribution in [3.63, 3.8) is 0 Å². The first-order valence-corrected chi connectivity index (χ1v) is 3.47. The second-order valence-corrected chi connectivity index (χ2v) is 2.42. The van der Waals surface area contributed by atoms with Crippen LogP contribution in [0.25, 0.3) is 0 Å². The fourth-order valence-corrected chi connectivity index (χ4v) is 0.965. The van der Waals surface area contributed by atoms with Crippen LogP contribution in [0.4, 0.5) is 0 Å². The van der Waals surface area contributed by atoms with E-state index in [0.717, 1.165) is 13.0 Å². The maximum atomic E-state index is 5.40. The Labute approximate surface area is 61.3 Å². The van der Waals surface area contributed by atoms with E-state index in [1.807, 2.05) is 23.9 Å². The summed E-state index contributed by atoms with van der Waals surface area (Å²) in [6.07, 6.45) is 5.07. The van der Waals surface area contributed by atoms with Gasteiger partial charge < -0.3 is 5.73 Å². The molecule has 0 amide bonds. The van der Waals surface area contributed by atoms with Crippen LogP contribution < -0.4 is 10.3 Å². The third-order valence-corrected chi connectivity index (χ3v) is 1.43. The molecule has 2 heteroatoms. The van der Waals surface area contributed by atoms with Crippen LogP contribution in [0, 0.1) is 0 Å². The summed E-state index contributed by atoms with van der Waals surface area (Å²) in [5, 5.41) is 0. The first-order chi connectivity index (χ1) is 4.83. The minimum absolute atomic E-state index is 0.726. The molecule has 1 heterocycles. The van der Waals surface area contributed by atoms with Gasteiger partial charge in [-0.15, -0.1) is 0 Å². The normalized spacial score (nSPS) is 9.80. The van der Waals surface area contributed by atoms with Gasteiger partial charge in [-0.25, -0.2) is 4.57 Å². The molecular weight excluding hydrogens is 124 g/mol. The Morgan fingerprint density at radius 1 is 1.60 bits per heavy atom. The summed E-state index contributed by atoms with van der Waals surface area (Å²) in [7, 11) is 2.01. The Morgan fingerprint density at radius 2 is 2.40 bits per heavy atom. The van der Waals surface area contributed by atoms with Crippen molar-refractivity contribution in [2.24, 2.45) is 12.8 Å². The second kappa shape index (κ2) is 3.32. The molecule has 10 heavy (non-hydrogen) atoms. The van der Waals surface area contributed by atoms with E-state index in [4.69, 9.17) is 5.73 Å². The number of aryl methyl sites for hydroxylation is 1. The summed E-state index contributed by atoms with van der Waals surface area (Å²) in [4.78, 5) is 0. The Hall–Kier alpha value is -0.890. The van der Waals surface area contributed by atoms with E-state index in [9.17, 15) is 0 Å². The second-order valence-electron chi connectivity index (χ2n) is 2.42. The number of nitrogens with zero attached hydrogens (tertiary/aromatic N) is 1. The molecule has 0 saturated heterocycles. The smallest absolute Gasteiger partial charge is 0.171 e. The monoisotopic (exact) mass is 137 g/mol. The molecule has 2 nitrogen and oxygen atoms in total. The summed E-state index contributed by atoms with van der Waals surface area (Å²) in [5.74, 6) is 0. The molecule has 0 fully saturated rings. The van der Waals surface area contributed by atoms with Crippen molar-refractivity contribution < 1.29 is 4.57 Å². The lowest BCUT2D eigenvalue weighted by molar-refractivity contribution is -0.671. The van der Waals surface area contributed by atoms with Gasteiger partial charge in [0.15, 0.2) is 12.4 Å². The van der Waals surface area contributed by atoms with Gasteiger partial charge in [0.05, 0.1) is 0 Å². The van der Waals surface area contributed by atoms with Gasteiger partial charge in [0.2, 0.25) is 0 Å². The van der Waals surface area contributed by atoms with Gasteiger partial charge in [-0.2, -0.15) is 0 Å². The number of hydrogen-bond donors (Lipinski definition) is 1. The number of nitrogens with two attached hydrogens (primary N) is 1. The zero-order chi connectivity index (χ0) is 7.40. The molecule has 0 atom stereocenters. The van der Waals surface area contributed by atoms with Crippen LogP contribution in [0.5, 0.6) is 0 Å². The number of aromatic nitrogens is 1. The van der Waals surface area contributed by atoms with Crippen molar-refractivity contribution in [3.05, 3.63) is 30.1 Å². The van der Waals surface area contributed by atoms with Gasteiger partial charge in [-0.05, 0) is 19.0 Å². The van der Waals surface area contributed by atoms with E-state index in [1.54, 1.807) is 0 Å². The number of pyridine rings is 1. The largest absolute Gasteiger partial charge is 0.330 e. The molecule has 0 aromatic carbocycles. The molecule has 0 aliphatic heterocycles. The van der Waals surface area contributed by atoms with E-state index >= 15 is 0 Å². The molecule has 1 rings (SSSR count). The predicted octanol–water partition coefficient (Wildman–Crippen LogP) is 0.0123. The highest BCUT2D eigenvalue weighted by atomic mass is 14.9. The van der Waals surface area contributed by atoms with Gasteiger partial charge in [0.25, 0.3) is 0 Å². The van der Waals surface area contributed by atoms with E-state index in [2.05, 4.69) is 12.3 Å². The van der Waals surface area contributed by atoms with Crippen LogP contribution in [0.3, 0.4) is 0 Å². The first-order valence-electron chi connectivity index (χ1n) is 3.47. The summed E-state index contributed by atoms with van der Waals surface area (Å²) >= 11 is 0. The molecule has 1 aromatic heterocycles. The molecule has 0 spiro atoms. The van der Waals surface area contributed by atoms with Crippen LogP contribution in [-0.4, -0.2) is 6.54 Å². The average molecular weight is 137 g/mol. The summed E-state index contributed by atoms with van der Waals surface area (Å²) < 4.78 is 2.03. The van der Waals surface area contributed by atoms with Crippen LogP contribution >= 0.6 is 0 Å². The SMILES string of the molecule is C[n+]1cccc(CCN)c1. The van der Waals surface area contributed by atoms with Crippen molar-refractivity contribution >= 4 is 0 Å². The lowest BCUT2D eigenvalue weighted by atomic mass is 10.2. The highest BCUT2D eigenvalue weighted by Gasteiger charge is 1.94. The van der Waals surface area contributed by atoms with Gasteiger partial charge in [0.1, 0.15) is 7.05 Å². The van der Waals surface area contributed by atoms with Crippen molar-refractivity contribution in [1.29, 1.82) is 0 Å². The maximum Gasteiger partial charge on any atom is 0.171 e. The predicted molar refractivity (Wildman–Crippen MR) is 40.4 cm³/mol. The third-order valence-electron chi connectivity index (χ3n) is 1.43. The lowest BCUT2D eigenvalue weighted by Crippen LogP contribution is -2.27. The Morgan fingerprint density at radius 3 is 3.00 bits per heavy atom. The number of hydrogen-bond acceptors (Lipinski definition) is 1. The van der Waals surface area contributed by atoms with Crippen LogP contribution in [0.1, 0.15) is 5.56 Å². The summed E-state index contributed by atoms with van der Waals surface area (Å²) in [6.45, 7) is 0.726. The van der Waals surface area contributed by atoms with Crippen molar-refractivity contribution in [2.45, 2.75) is 6.42 Å². The Bertz CT molecular complexity index is 208. The lowest BCUT2D eigenvalue weighted by Gasteiger charge is -1.93. The fraction of sp³-hybridized carbons (Fsp3) is 0.375. The summed E-state index contributed by atoms with van der Waals surface area (Å²) in [5.41, 5.74) is 6.70. The average Bonchev–Trinajstić information content (AvgIpc) is 1.88. The quantitative estimate of drug-likeness (QED) is 0.572. The molecule has 0 unspecified atom stereocenters. The third kappa shape index (κ3) is 1.81.